The molecule has 0 bridgehead atoms. The highest BCUT2D eigenvalue weighted by Gasteiger charge is 2.35. The molecule has 248 valence electrons. The molecular formula is C36H40BrN3O5S2. The van der Waals surface area contributed by atoms with Gasteiger partial charge in [-0.2, -0.15) is 0 Å². The highest BCUT2D eigenvalue weighted by molar-refractivity contribution is 9.10. The number of halogens is 1. The molecule has 0 saturated carbocycles. The zero-order chi connectivity index (χ0) is 33.8. The topological polar surface area (TPSA) is 96.0 Å². The van der Waals surface area contributed by atoms with Gasteiger partial charge in [0.05, 0.1) is 17.2 Å². The highest BCUT2D eigenvalue weighted by Crippen LogP contribution is 2.33. The third-order valence-electron chi connectivity index (χ3n) is 7.45. The summed E-state index contributed by atoms with van der Waals surface area (Å²) in [7, 11) is -4.26. The number of anilines is 1. The van der Waals surface area contributed by atoms with Gasteiger partial charge in [0.15, 0.2) is 0 Å². The van der Waals surface area contributed by atoms with Crippen molar-refractivity contribution in [3.63, 3.8) is 0 Å². The average molecular weight is 739 g/mol. The smallest absolute Gasteiger partial charge is 0.264 e. The first kappa shape index (κ1) is 36.0. The van der Waals surface area contributed by atoms with Gasteiger partial charge in [0.1, 0.15) is 18.3 Å². The van der Waals surface area contributed by atoms with Gasteiger partial charge in [0, 0.05) is 28.9 Å². The standard InChI is InChI=1S/C36H40BrN3O5S2/c1-4-23-38-36(42)33(24-27-11-7-6-8-12-27)39(25-28-15-17-29(37)18-16-28)35(41)26-40(32-13-9-10-14-34(32)45-5-2)47(43,44)31-21-19-30(46-3)20-22-31/h6-22,33H,4-5,23-26H2,1-3H3,(H,38,42)/t33-/m0/s1. The van der Waals surface area contributed by atoms with Crippen molar-refractivity contribution in [2.24, 2.45) is 0 Å². The average Bonchev–Trinajstić information content (AvgIpc) is 3.09. The van der Waals surface area contributed by atoms with Gasteiger partial charge < -0.3 is 15.0 Å². The molecule has 0 aliphatic rings. The molecule has 4 rings (SSSR count). The summed E-state index contributed by atoms with van der Waals surface area (Å²) in [6.45, 7) is 4.05. The van der Waals surface area contributed by atoms with E-state index in [0.717, 1.165) is 31.2 Å². The van der Waals surface area contributed by atoms with E-state index in [4.69, 9.17) is 4.74 Å². The van der Waals surface area contributed by atoms with Gasteiger partial charge in [-0.3, -0.25) is 13.9 Å². The SMILES string of the molecule is CCCNC(=O)[C@H](Cc1ccccc1)N(Cc1ccc(Br)cc1)C(=O)CN(c1ccccc1OCC)S(=O)(=O)c1ccc(SC)cc1. The van der Waals surface area contributed by atoms with Crippen LogP contribution in [0.1, 0.15) is 31.4 Å². The molecule has 8 nitrogen and oxygen atoms in total. The third kappa shape index (κ3) is 9.62. The van der Waals surface area contributed by atoms with Gasteiger partial charge in [-0.05, 0) is 79.3 Å². The Labute approximate surface area is 290 Å². The lowest BCUT2D eigenvalue weighted by molar-refractivity contribution is -0.140. The van der Waals surface area contributed by atoms with E-state index in [0.29, 0.717) is 18.9 Å². The van der Waals surface area contributed by atoms with E-state index < -0.39 is 28.5 Å². The zero-order valence-corrected chi connectivity index (χ0v) is 30.0. The predicted octanol–water partition coefficient (Wildman–Crippen LogP) is 6.93. The molecule has 4 aromatic carbocycles. The quantitative estimate of drug-likeness (QED) is 0.125. The van der Waals surface area contributed by atoms with Crippen molar-refractivity contribution >= 4 is 55.2 Å². The number of hydrogen-bond donors (Lipinski definition) is 1. The fourth-order valence-corrected chi connectivity index (χ4v) is 7.13. The number of nitrogens with one attached hydrogen (secondary N) is 1. The second-order valence-electron chi connectivity index (χ2n) is 10.7. The first-order chi connectivity index (χ1) is 22.7. The van der Waals surface area contributed by atoms with Crippen LogP contribution in [0, 0.1) is 0 Å². The van der Waals surface area contributed by atoms with Gasteiger partial charge in [-0.25, -0.2) is 8.42 Å². The van der Waals surface area contributed by atoms with Crippen LogP contribution in [-0.2, 0) is 32.6 Å². The van der Waals surface area contributed by atoms with E-state index in [2.05, 4.69) is 21.2 Å². The Balaban J connectivity index is 1.83. The summed E-state index contributed by atoms with van der Waals surface area (Å²) in [5.41, 5.74) is 1.90. The van der Waals surface area contributed by atoms with E-state index in [-0.39, 0.29) is 29.5 Å². The molecule has 1 N–H and O–H groups in total. The van der Waals surface area contributed by atoms with Crippen molar-refractivity contribution in [3.8, 4) is 5.75 Å². The first-order valence-electron chi connectivity index (χ1n) is 15.4. The fraction of sp³-hybridized carbons (Fsp3) is 0.278. The normalized spacial score (nSPS) is 11.8. The number of carbonyl (C=O) groups excluding carboxylic acids is 2. The van der Waals surface area contributed by atoms with Crippen LogP contribution in [0.2, 0.25) is 0 Å². The summed E-state index contributed by atoms with van der Waals surface area (Å²) in [5.74, 6) is -0.512. The Morgan fingerprint density at radius 1 is 0.872 bits per heavy atom. The second kappa shape index (κ2) is 17.4. The van der Waals surface area contributed by atoms with E-state index in [1.165, 1.54) is 28.8 Å². The van der Waals surface area contributed by atoms with Crippen molar-refractivity contribution in [2.75, 3.05) is 30.3 Å². The van der Waals surface area contributed by atoms with Crippen LogP contribution >= 0.6 is 27.7 Å². The summed E-state index contributed by atoms with van der Waals surface area (Å²) < 4.78 is 36.6. The summed E-state index contributed by atoms with van der Waals surface area (Å²) in [5, 5.41) is 2.97. The number of para-hydroxylation sites is 2. The molecule has 11 heteroatoms. The molecule has 0 aromatic heterocycles. The minimum atomic E-state index is -4.26. The van der Waals surface area contributed by atoms with Gasteiger partial charge in [0.25, 0.3) is 10.0 Å². The Bertz CT molecular complexity index is 1720. The van der Waals surface area contributed by atoms with Crippen LogP contribution in [-0.4, -0.2) is 57.1 Å². The Hall–Kier alpha value is -3.80. The number of carbonyl (C=O) groups is 2. The van der Waals surface area contributed by atoms with Crippen LogP contribution < -0.4 is 14.4 Å². The first-order valence-corrected chi connectivity index (χ1v) is 18.9. The molecule has 2 amide bonds. The molecule has 0 aliphatic carbocycles. The van der Waals surface area contributed by atoms with E-state index in [9.17, 15) is 18.0 Å². The van der Waals surface area contributed by atoms with Gasteiger partial charge in [-0.1, -0.05) is 77.5 Å². The lowest BCUT2D eigenvalue weighted by atomic mass is 10.0. The molecule has 0 saturated heterocycles. The fourth-order valence-electron chi connectivity index (χ4n) is 5.04. The van der Waals surface area contributed by atoms with Crippen LogP contribution in [0.3, 0.4) is 0 Å². The maximum Gasteiger partial charge on any atom is 0.264 e. The zero-order valence-electron chi connectivity index (χ0n) is 26.8. The van der Waals surface area contributed by atoms with Crippen molar-refractivity contribution in [1.29, 1.82) is 0 Å². The molecule has 4 aromatic rings. The molecule has 0 fully saturated rings. The van der Waals surface area contributed by atoms with Gasteiger partial charge in [0.2, 0.25) is 11.8 Å². The van der Waals surface area contributed by atoms with Crippen LogP contribution in [0.25, 0.3) is 0 Å². The monoisotopic (exact) mass is 737 g/mol. The van der Waals surface area contributed by atoms with Crippen molar-refractivity contribution in [1.82, 2.24) is 10.2 Å². The van der Waals surface area contributed by atoms with E-state index in [1.807, 2.05) is 74.7 Å². The molecule has 0 aliphatic heterocycles. The number of ether oxygens (including phenoxy) is 1. The van der Waals surface area contributed by atoms with Crippen LogP contribution in [0.5, 0.6) is 5.75 Å². The summed E-state index contributed by atoms with van der Waals surface area (Å²) in [4.78, 5) is 30.9. The van der Waals surface area contributed by atoms with Gasteiger partial charge in [-0.15, -0.1) is 11.8 Å². The molecule has 0 spiro atoms. The molecule has 1 atom stereocenters. The number of nitrogens with zero attached hydrogens (tertiary/aromatic N) is 2. The van der Waals surface area contributed by atoms with Crippen molar-refractivity contribution in [3.05, 3.63) is 119 Å². The summed E-state index contributed by atoms with van der Waals surface area (Å²) in [6, 6.07) is 29.4. The number of rotatable bonds is 16. The lowest BCUT2D eigenvalue weighted by Crippen LogP contribution is -2.53. The van der Waals surface area contributed by atoms with E-state index >= 15 is 0 Å². The van der Waals surface area contributed by atoms with Crippen LogP contribution in [0.15, 0.2) is 117 Å². The van der Waals surface area contributed by atoms with E-state index in [1.54, 1.807) is 36.4 Å². The van der Waals surface area contributed by atoms with Crippen molar-refractivity contribution < 1.29 is 22.7 Å². The van der Waals surface area contributed by atoms with Crippen molar-refractivity contribution in [2.45, 2.75) is 49.1 Å². The number of thioether (sulfide) groups is 1. The maximum absolute atomic E-state index is 14.6. The number of benzene rings is 4. The minimum Gasteiger partial charge on any atom is -0.492 e. The van der Waals surface area contributed by atoms with Gasteiger partial charge >= 0.3 is 0 Å². The molecular weight excluding hydrogens is 698 g/mol. The Morgan fingerprint density at radius 3 is 2.17 bits per heavy atom. The number of hydrogen-bond acceptors (Lipinski definition) is 6. The molecule has 0 heterocycles. The highest BCUT2D eigenvalue weighted by atomic mass is 79.9. The largest absolute Gasteiger partial charge is 0.492 e. The second-order valence-corrected chi connectivity index (χ2v) is 14.4. The minimum absolute atomic E-state index is 0.0374. The maximum atomic E-state index is 14.6. The number of sulfonamides is 1. The Morgan fingerprint density at radius 2 is 1.53 bits per heavy atom. The van der Waals surface area contributed by atoms with Crippen LogP contribution in [0.4, 0.5) is 5.69 Å². The molecule has 47 heavy (non-hydrogen) atoms. The molecule has 0 radical (unpaired) electrons. The Kier molecular flexibility index (Phi) is 13.3. The number of amides is 2. The summed E-state index contributed by atoms with van der Waals surface area (Å²) in [6.07, 6.45) is 2.88. The predicted molar refractivity (Wildman–Crippen MR) is 192 cm³/mol. The molecule has 0 unspecified atom stereocenters. The lowest BCUT2D eigenvalue weighted by Gasteiger charge is -2.34. The summed E-state index contributed by atoms with van der Waals surface area (Å²) >= 11 is 4.97. The third-order valence-corrected chi connectivity index (χ3v) is 10.5.